The minimum atomic E-state index is -0.634. The lowest BCUT2D eigenvalue weighted by atomic mass is 10.0. The van der Waals surface area contributed by atoms with Crippen LogP contribution in [-0.2, 0) is 0 Å². The third-order valence-corrected chi connectivity index (χ3v) is 4.65. The Balaban J connectivity index is 1.59. The number of hydrogen-bond acceptors (Lipinski definition) is 4. The van der Waals surface area contributed by atoms with Crippen LogP contribution in [0.2, 0.25) is 5.02 Å². The third kappa shape index (κ3) is 3.91. The van der Waals surface area contributed by atoms with Crippen LogP contribution in [0.3, 0.4) is 0 Å². The minimum Gasteiger partial charge on any atom is -0.452 e. The van der Waals surface area contributed by atoms with Gasteiger partial charge in [-0.05, 0) is 66.6 Å². The first-order valence-corrected chi connectivity index (χ1v) is 9.11. The number of ether oxygens (including phenoxy) is 2. The maximum absolute atomic E-state index is 13.0. The molecule has 1 aliphatic rings. The standard InChI is InChI=1S/C23H14ClFO4/c1-13-10-18(28-23(27)15-4-8-17(25)9-5-15)12-19-21(13)22(26)20(29-19)11-14-2-6-16(24)7-3-14/h2-12H,1H3/b20-11-. The number of aryl methyl sites for hydroxylation is 1. The molecular weight excluding hydrogens is 395 g/mol. The van der Waals surface area contributed by atoms with E-state index in [2.05, 4.69) is 0 Å². The molecule has 0 amide bonds. The lowest BCUT2D eigenvalue weighted by molar-refractivity contribution is 0.0734. The van der Waals surface area contributed by atoms with Gasteiger partial charge in [0.15, 0.2) is 5.76 Å². The zero-order chi connectivity index (χ0) is 20.5. The average Bonchev–Trinajstić information content (AvgIpc) is 3.00. The smallest absolute Gasteiger partial charge is 0.343 e. The highest BCUT2D eigenvalue weighted by molar-refractivity contribution is 6.30. The highest BCUT2D eigenvalue weighted by atomic mass is 35.5. The average molecular weight is 409 g/mol. The van der Waals surface area contributed by atoms with Crippen molar-refractivity contribution in [2.75, 3.05) is 0 Å². The van der Waals surface area contributed by atoms with Gasteiger partial charge in [-0.1, -0.05) is 23.7 Å². The summed E-state index contributed by atoms with van der Waals surface area (Å²) in [7, 11) is 0. The highest BCUT2D eigenvalue weighted by Crippen LogP contribution is 2.37. The number of halogens is 2. The number of carbonyl (C=O) groups excluding carboxylic acids is 2. The molecule has 0 fully saturated rings. The van der Waals surface area contributed by atoms with Crippen molar-refractivity contribution in [1.29, 1.82) is 0 Å². The van der Waals surface area contributed by atoms with E-state index in [1.54, 1.807) is 43.3 Å². The molecule has 0 unspecified atom stereocenters. The Morgan fingerprint density at radius 3 is 2.45 bits per heavy atom. The fraction of sp³-hybridized carbons (Fsp3) is 0.0435. The predicted octanol–water partition coefficient (Wildman–Crippen LogP) is 5.62. The summed E-state index contributed by atoms with van der Waals surface area (Å²) >= 11 is 5.88. The van der Waals surface area contributed by atoms with Crippen LogP contribution < -0.4 is 9.47 Å². The van der Waals surface area contributed by atoms with E-state index in [0.29, 0.717) is 21.9 Å². The van der Waals surface area contributed by atoms with Gasteiger partial charge in [-0.15, -0.1) is 0 Å². The number of esters is 1. The largest absolute Gasteiger partial charge is 0.452 e. The Kier molecular flexibility index (Phi) is 4.91. The summed E-state index contributed by atoms with van der Waals surface area (Å²) in [5.74, 6) is -0.600. The van der Waals surface area contributed by atoms with Crippen molar-refractivity contribution in [3.63, 3.8) is 0 Å². The summed E-state index contributed by atoms with van der Waals surface area (Å²) < 4.78 is 24.1. The fourth-order valence-electron chi connectivity index (χ4n) is 3.00. The van der Waals surface area contributed by atoms with Gasteiger partial charge in [0.05, 0.1) is 11.1 Å². The van der Waals surface area contributed by atoms with E-state index in [1.807, 2.05) is 0 Å². The molecule has 4 rings (SSSR count). The highest BCUT2D eigenvalue weighted by Gasteiger charge is 2.30. The molecule has 0 saturated heterocycles. The number of hydrogen-bond donors (Lipinski definition) is 0. The summed E-state index contributed by atoms with van der Waals surface area (Å²) in [6.07, 6.45) is 1.63. The van der Waals surface area contributed by atoms with Gasteiger partial charge < -0.3 is 9.47 Å². The zero-order valence-electron chi connectivity index (χ0n) is 15.2. The van der Waals surface area contributed by atoms with Gasteiger partial charge in [0.2, 0.25) is 5.78 Å². The molecule has 3 aromatic rings. The minimum absolute atomic E-state index is 0.174. The monoisotopic (exact) mass is 408 g/mol. The second-order valence-corrected chi connectivity index (χ2v) is 6.94. The van der Waals surface area contributed by atoms with Gasteiger partial charge in [-0.3, -0.25) is 4.79 Å². The lowest BCUT2D eigenvalue weighted by Gasteiger charge is -2.07. The van der Waals surface area contributed by atoms with Crippen LogP contribution in [0.5, 0.6) is 11.5 Å². The second kappa shape index (κ2) is 7.53. The van der Waals surface area contributed by atoms with Gasteiger partial charge in [-0.25, -0.2) is 9.18 Å². The van der Waals surface area contributed by atoms with E-state index in [0.717, 1.165) is 5.56 Å². The molecule has 144 valence electrons. The number of ketones is 1. The van der Waals surface area contributed by atoms with E-state index in [4.69, 9.17) is 21.1 Å². The van der Waals surface area contributed by atoms with Gasteiger partial charge >= 0.3 is 5.97 Å². The summed E-state index contributed by atoms with van der Waals surface area (Å²) in [6, 6.07) is 15.1. The number of Topliss-reactive ketones (excluding diaryl/α,β-unsaturated/α-hetero) is 1. The Hall–Kier alpha value is -3.44. The van der Waals surface area contributed by atoms with Crippen molar-refractivity contribution in [2.24, 2.45) is 0 Å². The molecule has 1 aliphatic heterocycles. The summed E-state index contributed by atoms with van der Waals surface area (Å²) in [4.78, 5) is 25.0. The quantitative estimate of drug-likeness (QED) is 0.320. The van der Waals surface area contributed by atoms with Gasteiger partial charge in [-0.2, -0.15) is 0 Å². The third-order valence-electron chi connectivity index (χ3n) is 4.40. The number of rotatable bonds is 3. The van der Waals surface area contributed by atoms with E-state index in [-0.39, 0.29) is 22.9 Å². The van der Waals surface area contributed by atoms with Crippen LogP contribution >= 0.6 is 11.6 Å². The Bertz CT molecular complexity index is 1150. The van der Waals surface area contributed by atoms with E-state index < -0.39 is 11.8 Å². The number of fused-ring (bicyclic) bond motifs is 1. The molecule has 0 saturated carbocycles. The molecule has 4 nitrogen and oxygen atoms in total. The Morgan fingerprint density at radius 2 is 1.76 bits per heavy atom. The van der Waals surface area contributed by atoms with Gasteiger partial charge in [0.1, 0.15) is 17.3 Å². The molecule has 0 bridgehead atoms. The van der Waals surface area contributed by atoms with Crippen molar-refractivity contribution in [1.82, 2.24) is 0 Å². The molecule has 0 spiro atoms. The summed E-state index contributed by atoms with van der Waals surface area (Å²) in [5, 5.41) is 0.595. The van der Waals surface area contributed by atoms with Gasteiger partial charge in [0, 0.05) is 11.1 Å². The van der Waals surface area contributed by atoms with Crippen molar-refractivity contribution in [3.05, 3.63) is 99.5 Å². The first kappa shape index (κ1) is 18.9. The molecular formula is C23H14ClFO4. The van der Waals surface area contributed by atoms with E-state index >= 15 is 0 Å². The Morgan fingerprint density at radius 1 is 1.07 bits per heavy atom. The predicted molar refractivity (Wildman–Crippen MR) is 107 cm³/mol. The molecule has 3 aromatic carbocycles. The Labute approximate surface area is 171 Å². The zero-order valence-corrected chi connectivity index (χ0v) is 16.0. The topological polar surface area (TPSA) is 52.6 Å². The number of benzene rings is 3. The van der Waals surface area contributed by atoms with Crippen molar-refractivity contribution in [3.8, 4) is 11.5 Å². The maximum Gasteiger partial charge on any atom is 0.343 e. The van der Waals surface area contributed by atoms with Crippen molar-refractivity contribution in [2.45, 2.75) is 6.92 Å². The maximum atomic E-state index is 13.0. The number of allylic oxidation sites excluding steroid dienone is 1. The van der Waals surface area contributed by atoms with Crippen molar-refractivity contribution < 1.29 is 23.5 Å². The SMILES string of the molecule is Cc1cc(OC(=O)c2ccc(F)cc2)cc2c1C(=O)/C(=C/c1ccc(Cl)cc1)O2. The van der Waals surface area contributed by atoms with Crippen LogP contribution in [0.4, 0.5) is 4.39 Å². The van der Waals surface area contributed by atoms with Crippen LogP contribution in [0.25, 0.3) is 6.08 Å². The molecule has 6 heteroatoms. The van der Waals surface area contributed by atoms with Crippen LogP contribution in [0.15, 0.2) is 66.4 Å². The summed E-state index contributed by atoms with van der Waals surface area (Å²) in [5.41, 5.74) is 2.02. The first-order valence-electron chi connectivity index (χ1n) is 8.73. The first-order chi connectivity index (χ1) is 13.9. The second-order valence-electron chi connectivity index (χ2n) is 6.50. The molecule has 0 aromatic heterocycles. The molecule has 0 atom stereocenters. The van der Waals surface area contributed by atoms with Crippen LogP contribution in [0, 0.1) is 12.7 Å². The molecule has 0 N–H and O–H groups in total. The molecule has 0 aliphatic carbocycles. The fourth-order valence-corrected chi connectivity index (χ4v) is 3.12. The van der Waals surface area contributed by atoms with E-state index in [9.17, 15) is 14.0 Å². The van der Waals surface area contributed by atoms with Crippen LogP contribution in [0.1, 0.15) is 31.8 Å². The lowest BCUT2D eigenvalue weighted by Crippen LogP contribution is -2.08. The molecule has 1 heterocycles. The molecule has 0 radical (unpaired) electrons. The number of carbonyl (C=O) groups is 2. The van der Waals surface area contributed by atoms with Gasteiger partial charge in [0.25, 0.3) is 0 Å². The van der Waals surface area contributed by atoms with Crippen molar-refractivity contribution >= 4 is 29.4 Å². The van der Waals surface area contributed by atoms with Crippen LogP contribution in [-0.4, -0.2) is 11.8 Å². The molecule has 29 heavy (non-hydrogen) atoms. The van der Waals surface area contributed by atoms with E-state index in [1.165, 1.54) is 30.3 Å². The summed E-state index contributed by atoms with van der Waals surface area (Å²) in [6.45, 7) is 1.74. The normalized spacial score (nSPS) is 13.9.